The van der Waals surface area contributed by atoms with Crippen LogP contribution in [0.4, 0.5) is 10.1 Å². The Kier molecular flexibility index (Phi) is 4.94. The Morgan fingerprint density at radius 3 is 2.45 bits per heavy atom. The zero-order valence-corrected chi connectivity index (χ0v) is 17.6. The number of carbonyl (C=O) groups is 2. The van der Waals surface area contributed by atoms with E-state index in [1.165, 1.54) is 36.3 Å². The van der Waals surface area contributed by atoms with E-state index < -0.39 is 23.5 Å². The van der Waals surface area contributed by atoms with Gasteiger partial charge in [-0.2, -0.15) is 0 Å². The highest BCUT2D eigenvalue weighted by Gasteiger charge is 2.48. The Morgan fingerprint density at radius 2 is 1.70 bits per heavy atom. The van der Waals surface area contributed by atoms with Gasteiger partial charge in [-0.3, -0.25) is 14.5 Å². The number of rotatable bonds is 4. The third kappa shape index (κ3) is 3.25. The van der Waals surface area contributed by atoms with Gasteiger partial charge in [-0.15, -0.1) is 0 Å². The van der Waals surface area contributed by atoms with Crippen molar-refractivity contribution in [3.63, 3.8) is 0 Å². The first-order chi connectivity index (χ1) is 16.0. The fourth-order valence-electron chi connectivity index (χ4n) is 4.30. The van der Waals surface area contributed by atoms with Crippen LogP contribution in [-0.4, -0.2) is 28.9 Å². The highest BCUT2D eigenvalue weighted by Crippen LogP contribution is 2.45. The Morgan fingerprint density at radius 1 is 1.00 bits per heavy atom. The lowest BCUT2D eigenvalue weighted by atomic mass is 9.94. The second-order valence-corrected chi connectivity index (χ2v) is 7.64. The van der Waals surface area contributed by atoms with E-state index >= 15 is 0 Å². The summed E-state index contributed by atoms with van der Waals surface area (Å²) < 4.78 is 19.1. The second kappa shape index (κ2) is 7.94. The number of aromatic amines is 1. The van der Waals surface area contributed by atoms with Gasteiger partial charge in [0.15, 0.2) is 0 Å². The van der Waals surface area contributed by atoms with Crippen molar-refractivity contribution < 1.29 is 23.8 Å². The molecule has 2 heterocycles. The lowest BCUT2D eigenvalue weighted by Crippen LogP contribution is -2.29. The monoisotopic (exact) mass is 442 g/mol. The van der Waals surface area contributed by atoms with Crippen molar-refractivity contribution in [2.24, 2.45) is 0 Å². The van der Waals surface area contributed by atoms with Gasteiger partial charge in [-0.05, 0) is 36.4 Å². The lowest BCUT2D eigenvalue weighted by Gasteiger charge is -2.26. The number of nitrogens with one attached hydrogen (secondary N) is 1. The molecule has 3 aromatic carbocycles. The van der Waals surface area contributed by atoms with E-state index in [0.717, 1.165) is 5.52 Å². The lowest BCUT2D eigenvalue weighted by molar-refractivity contribution is -0.132. The first-order valence-corrected chi connectivity index (χ1v) is 10.3. The maximum atomic E-state index is 13.6. The number of aromatic nitrogens is 1. The molecule has 0 aliphatic carbocycles. The number of H-pyrrole nitrogens is 1. The van der Waals surface area contributed by atoms with Gasteiger partial charge in [0, 0.05) is 33.9 Å². The average Bonchev–Trinajstić information content (AvgIpc) is 3.38. The number of fused-ring (bicyclic) bond motifs is 1. The van der Waals surface area contributed by atoms with Gasteiger partial charge in [0.2, 0.25) is 0 Å². The van der Waals surface area contributed by atoms with Crippen LogP contribution in [0, 0.1) is 5.82 Å². The Balaban J connectivity index is 1.78. The number of anilines is 1. The molecule has 0 spiro atoms. The molecule has 7 heteroatoms. The number of methoxy groups -OCH3 is 1. The standard InChI is InChI=1S/C26H19FN2O4/c1-33-21-9-5-3-7-18(21)23-22(24(30)19-14-28-20-8-4-2-6-17(19)20)25(31)26(32)29(23)16-12-10-15(27)11-13-16/h2-14,23,28,30H,1H3/b24-22+. The number of amides is 1. The maximum Gasteiger partial charge on any atom is 0.300 e. The molecule has 5 rings (SSSR count). The summed E-state index contributed by atoms with van der Waals surface area (Å²) in [5, 5.41) is 12.1. The van der Waals surface area contributed by atoms with Gasteiger partial charge >= 0.3 is 0 Å². The summed E-state index contributed by atoms with van der Waals surface area (Å²) in [5.74, 6) is -1.98. The largest absolute Gasteiger partial charge is 0.507 e. The molecular weight excluding hydrogens is 423 g/mol. The normalized spacial score (nSPS) is 17.6. The van der Waals surface area contributed by atoms with Crippen LogP contribution in [0.2, 0.25) is 0 Å². The number of Topliss-reactive ketones (excluding diaryl/α,β-unsaturated/α-hetero) is 1. The van der Waals surface area contributed by atoms with E-state index in [-0.39, 0.29) is 11.3 Å². The van der Waals surface area contributed by atoms with E-state index in [1.54, 1.807) is 30.5 Å². The Labute approximate surface area is 188 Å². The van der Waals surface area contributed by atoms with E-state index in [9.17, 15) is 19.1 Å². The minimum Gasteiger partial charge on any atom is -0.507 e. The summed E-state index contributed by atoms with van der Waals surface area (Å²) in [6.07, 6.45) is 1.60. The number of ketones is 1. The van der Waals surface area contributed by atoms with Crippen molar-refractivity contribution >= 4 is 34.0 Å². The van der Waals surface area contributed by atoms with Crippen molar-refractivity contribution in [3.05, 3.63) is 102 Å². The molecule has 1 aliphatic rings. The SMILES string of the molecule is COc1ccccc1C1/C(=C(\O)c2c[nH]c3ccccc23)C(=O)C(=O)N1c1ccc(F)cc1. The fraction of sp³-hybridized carbons (Fsp3) is 0.0769. The third-order valence-corrected chi connectivity index (χ3v) is 5.83. The maximum absolute atomic E-state index is 13.6. The highest BCUT2D eigenvalue weighted by atomic mass is 19.1. The van der Waals surface area contributed by atoms with E-state index in [4.69, 9.17) is 4.74 Å². The van der Waals surface area contributed by atoms with Crippen molar-refractivity contribution in [2.75, 3.05) is 12.0 Å². The average molecular weight is 442 g/mol. The van der Waals surface area contributed by atoms with Gasteiger partial charge in [0.1, 0.15) is 17.3 Å². The molecule has 33 heavy (non-hydrogen) atoms. The smallest absolute Gasteiger partial charge is 0.300 e. The molecule has 1 atom stereocenters. The number of para-hydroxylation sites is 2. The van der Waals surface area contributed by atoms with Crippen LogP contribution in [0.25, 0.3) is 16.7 Å². The summed E-state index contributed by atoms with van der Waals surface area (Å²) in [7, 11) is 1.49. The van der Waals surface area contributed by atoms with Crippen molar-refractivity contribution in [1.29, 1.82) is 0 Å². The van der Waals surface area contributed by atoms with Gasteiger partial charge in [-0.25, -0.2) is 4.39 Å². The number of hydrogen-bond donors (Lipinski definition) is 2. The van der Waals surface area contributed by atoms with Crippen LogP contribution in [0.5, 0.6) is 5.75 Å². The molecular formula is C26H19FN2O4. The molecule has 6 nitrogen and oxygen atoms in total. The van der Waals surface area contributed by atoms with Crippen LogP contribution in [-0.2, 0) is 9.59 Å². The van der Waals surface area contributed by atoms with E-state index in [2.05, 4.69) is 4.98 Å². The van der Waals surface area contributed by atoms with Gasteiger partial charge in [0.05, 0.1) is 18.7 Å². The topological polar surface area (TPSA) is 82.6 Å². The van der Waals surface area contributed by atoms with Crippen LogP contribution in [0.1, 0.15) is 17.2 Å². The van der Waals surface area contributed by atoms with Crippen molar-refractivity contribution in [2.45, 2.75) is 6.04 Å². The van der Waals surface area contributed by atoms with Crippen LogP contribution >= 0.6 is 0 Å². The zero-order valence-electron chi connectivity index (χ0n) is 17.6. The predicted octanol–water partition coefficient (Wildman–Crippen LogP) is 4.94. The Hall–Kier alpha value is -4.39. The number of carbonyl (C=O) groups excluding carboxylic acids is 2. The molecule has 1 aliphatic heterocycles. The fourth-order valence-corrected chi connectivity index (χ4v) is 4.30. The summed E-state index contributed by atoms with van der Waals surface area (Å²) in [6, 6.07) is 18.6. The molecule has 4 aromatic rings. The molecule has 1 amide bonds. The summed E-state index contributed by atoms with van der Waals surface area (Å²) in [4.78, 5) is 30.8. The van der Waals surface area contributed by atoms with Crippen LogP contribution in [0.3, 0.4) is 0 Å². The number of benzene rings is 3. The van der Waals surface area contributed by atoms with Crippen LogP contribution < -0.4 is 9.64 Å². The van der Waals surface area contributed by atoms with Gasteiger partial charge < -0.3 is 14.8 Å². The first-order valence-electron chi connectivity index (χ1n) is 10.3. The van der Waals surface area contributed by atoms with Crippen LogP contribution in [0.15, 0.2) is 84.6 Å². The van der Waals surface area contributed by atoms with Crippen molar-refractivity contribution in [3.8, 4) is 5.75 Å². The highest BCUT2D eigenvalue weighted by molar-refractivity contribution is 6.51. The number of aliphatic hydroxyl groups is 1. The number of nitrogens with zero attached hydrogens (tertiary/aromatic N) is 1. The van der Waals surface area contributed by atoms with E-state index in [1.807, 2.05) is 24.3 Å². The summed E-state index contributed by atoms with van der Waals surface area (Å²) in [6.45, 7) is 0. The predicted molar refractivity (Wildman–Crippen MR) is 122 cm³/mol. The quantitative estimate of drug-likeness (QED) is 0.266. The van der Waals surface area contributed by atoms with Crippen molar-refractivity contribution in [1.82, 2.24) is 4.98 Å². The molecule has 0 bridgehead atoms. The number of ether oxygens (including phenoxy) is 1. The number of hydrogen-bond acceptors (Lipinski definition) is 4. The van der Waals surface area contributed by atoms with Gasteiger partial charge in [-0.1, -0.05) is 36.4 Å². The molecule has 1 unspecified atom stereocenters. The summed E-state index contributed by atoms with van der Waals surface area (Å²) >= 11 is 0. The first kappa shape index (κ1) is 20.5. The van der Waals surface area contributed by atoms with E-state index in [0.29, 0.717) is 28.0 Å². The molecule has 0 saturated carbocycles. The molecule has 1 saturated heterocycles. The minimum atomic E-state index is -0.972. The third-order valence-electron chi connectivity index (χ3n) is 5.83. The minimum absolute atomic E-state index is 0.0708. The molecule has 0 radical (unpaired) electrons. The van der Waals surface area contributed by atoms with Gasteiger partial charge in [0.25, 0.3) is 11.7 Å². The molecule has 2 N–H and O–H groups in total. The number of aliphatic hydroxyl groups excluding tert-OH is 1. The zero-order chi connectivity index (χ0) is 23.1. The second-order valence-electron chi connectivity index (χ2n) is 7.64. The molecule has 1 aromatic heterocycles. The number of halogens is 1. The summed E-state index contributed by atoms with van der Waals surface area (Å²) in [5.41, 5.74) is 1.96. The molecule has 164 valence electrons. The molecule has 1 fully saturated rings. The Bertz CT molecular complexity index is 1420.